The van der Waals surface area contributed by atoms with E-state index in [-0.39, 0.29) is 21.9 Å². The van der Waals surface area contributed by atoms with E-state index >= 15 is 0 Å². The number of nitrogens with one attached hydrogen (secondary N) is 1. The summed E-state index contributed by atoms with van der Waals surface area (Å²) >= 11 is 0. The van der Waals surface area contributed by atoms with Crippen molar-refractivity contribution < 1.29 is 16.8 Å². The van der Waals surface area contributed by atoms with Crippen molar-refractivity contribution in [3.63, 3.8) is 0 Å². The maximum atomic E-state index is 13.0. The van der Waals surface area contributed by atoms with E-state index in [2.05, 4.69) is 4.72 Å². The first-order valence-corrected chi connectivity index (χ1v) is 11.4. The van der Waals surface area contributed by atoms with Gasteiger partial charge in [0.1, 0.15) is 0 Å². The van der Waals surface area contributed by atoms with Gasteiger partial charge < -0.3 is 0 Å². The minimum Gasteiger partial charge on any atom is -0.208 e. The highest BCUT2D eigenvalue weighted by molar-refractivity contribution is 7.90. The van der Waals surface area contributed by atoms with Gasteiger partial charge >= 0.3 is 0 Å². The van der Waals surface area contributed by atoms with Gasteiger partial charge in [-0.15, -0.1) is 0 Å². The summed E-state index contributed by atoms with van der Waals surface area (Å²) in [6.45, 7) is 2.48. The molecule has 8 heteroatoms. The molecule has 0 bridgehead atoms. The average molecular weight is 373 g/mol. The molecule has 1 aliphatic heterocycles. The summed E-state index contributed by atoms with van der Waals surface area (Å²) in [7, 11) is -7.34. The minimum absolute atomic E-state index is 0.00592. The molecule has 6 nitrogen and oxygen atoms in total. The van der Waals surface area contributed by atoms with Crippen LogP contribution in [0.1, 0.15) is 45.4 Å². The number of hydrogen-bond donors (Lipinski definition) is 1. The predicted octanol–water partition coefficient (Wildman–Crippen LogP) is 2.08. The maximum Gasteiger partial charge on any atom is 0.243 e. The van der Waals surface area contributed by atoms with E-state index in [9.17, 15) is 16.8 Å². The first-order valence-electron chi connectivity index (χ1n) is 8.49. The molecule has 1 saturated carbocycles. The fourth-order valence-corrected chi connectivity index (χ4v) is 6.36. The molecule has 1 heterocycles. The Morgan fingerprint density at radius 1 is 1.08 bits per heavy atom. The topological polar surface area (TPSA) is 83.6 Å². The molecule has 0 radical (unpaired) electrons. The lowest BCUT2D eigenvalue weighted by Crippen LogP contribution is -2.43. The summed E-state index contributed by atoms with van der Waals surface area (Å²) in [4.78, 5) is 0.0713. The lowest BCUT2D eigenvalue weighted by atomic mass is 10.0. The van der Waals surface area contributed by atoms with Gasteiger partial charge in [-0.25, -0.2) is 21.6 Å². The number of sulfonamides is 2. The zero-order chi connectivity index (χ0) is 17.4. The third kappa shape index (κ3) is 3.66. The summed E-state index contributed by atoms with van der Waals surface area (Å²) in [5.74, 6) is 0. The second-order valence-corrected chi connectivity index (χ2v) is 10.1. The first-order chi connectivity index (χ1) is 11.3. The van der Waals surface area contributed by atoms with Crippen LogP contribution in [0.2, 0.25) is 0 Å². The van der Waals surface area contributed by atoms with E-state index in [1.165, 1.54) is 28.6 Å². The lowest BCUT2D eigenvalue weighted by molar-refractivity contribution is 0.246. The summed E-state index contributed by atoms with van der Waals surface area (Å²) in [6.07, 6.45) is 5.17. The molecule has 1 aliphatic carbocycles. The van der Waals surface area contributed by atoms with Gasteiger partial charge in [0.25, 0.3) is 0 Å². The van der Waals surface area contributed by atoms with Gasteiger partial charge in [-0.2, -0.15) is 4.31 Å². The maximum absolute atomic E-state index is 13.0. The van der Waals surface area contributed by atoms with Crippen molar-refractivity contribution in [2.75, 3.05) is 6.54 Å². The molecule has 0 amide bonds. The summed E-state index contributed by atoms with van der Waals surface area (Å²) in [6, 6.07) is 5.68. The highest BCUT2D eigenvalue weighted by Crippen LogP contribution is 2.28. The molecule has 24 heavy (non-hydrogen) atoms. The Morgan fingerprint density at radius 3 is 2.46 bits per heavy atom. The highest BCUT2D eigenvalue weighted by Gasteiger charge is 2.34. The molecule has 1 aromatic rings. The van der Waals surface area contributed by atoms with Gasteiger partial charge in [0.05, 0.1) is 9.79 Å². The molecule has 134 valence electrons. The van der Waals surface area contributed by atoms with Crippen LogP contribution in [0, 0.1) is 0 Å². The van der Waals surface area contributed by atoms with Crippen LogP contribution >= 0.6 is 0 Å². The van der Waals surface area contributed by atoms with Crippen molar-refractivity contribution in [3.8, 4) is 0 Å². The van der Waals surface area contributed by atoms with Crippen LogP contribution in [0.25, 0.3) is 0 Å². The number of benzene rings is 1. The Hall–Kier alpha value is -0.960. The lowest BCUT2D eigenvalue weighted by Gasteiger charge is -2.34. The molecule has 1 aromatic carbocycles. The van der Waals surface area contributed by atoms with Gasteiger partial charge in [-0.1, -0.05) is 19.4 Å². The monoisotopic (exact) mass is 372 g/mol. The fraction of sp³-hybridized carbons (Fsp3) is 0.625. The highest BCUT2D eigenvalue weighted by atomic mass is 32.2. The molecule has 3 rings (SSSR count). The van der Waals surface area contributed by atoms with Crippen molar-refractivity contribution in [1.82, 2.24) is 9.03 Å². The van der Waals surface area contributed by atoms with Crippen LogP contribution in [0.4, 0.5) is 0 Å². The molecule has 0 spiro atoms. The van der Waals surface area contributed by atoms with Gasteiger partial charge in [-0.3, -0.25) is 0 Å². The van der Waals surface area contributed by atoms with Crippen LogP contribution in [0.3, 0.4) is 0 Å². The van der Waals surface area contributed by atoms with Gasteiger partial charge in [0.15, 0.2) is 0 Å². The molecule has 1 unspecified atom stereocenters. The number of rotatable bonds is 6. The van der Waals surface area contributed by atoms with Crippen LogP contribution < -0.4 is 4.72 Å². The Labute approximate surface area is 144 Å². The average Bonchev–Trinajstić information content (AvgIpc) is 3.38. The second kappa shape index (κ2) is 6.74. The molecule has 1 saturated heterocycles. The van der Waals surface area contributed by atoms with E-state index < -0.39 is 20.0 Å². The summed E-state index contributed by atoms with van der Waals surface area (Å²) in [5.41, 5.74) is 0. The SMILES string of the molecule is CCC1CCCCN1S(=O)(=O)c1cccc(S(=O)(=O)NC2CC2)c1. The van der Waals surface area contributed by atoms with E-state index in [4.69, 9.17) is 0 Å². The van der Waals surface area contributed by atoms with Crippen molar-refractivity contribution in [2.24, 2.45) is 0 Å². The predicted molar refractivity (Wildman–Crippen MR) is 91.6 cm³/mol. The molecule has 1 N–H and O–H groups in total. The van der Waals surface area contributed by atoms with E-state index in [0.29, 0.717) is 6.54 Å². The third-order valence-electron chi connectivity index (χ3n) is 4.67. The van der Waals surface area contributed by atoms with Crippen LogP contribution in [-0.2, 0) is 20.0 Å². The zero-order valence-corrected chi connectivity index (χ0v) is 15.4. The van der Waals surface area contributed by atoms with E-state index in [1.54, 1.807) is 0 Å². The van der Waals surface area contributed by atoms with Crippen LogP contribution in [0.5, 0.6) is 0 Å². The second-order valence-electron chi connectivity index (χ2n) is 6.54. The smallest absolute Gasteiger partial charge is 0.208 e. The quantitative estimate of drug-likeness (QED) is 0.829. The Balaban J connectivity index is 1.92. The zero-order valence-electron chi connectivity index (χ0n) is 13.8. The first kappa shape index (κ1) is 17.8. The number of nitrogens with zero attached hydrogens (tertiary/aromatic N) is 1. The van der Waals surface area contributed by atoms with E-state index in [1.807, 2.05) is 6.92 Å². The Kier molecular flexibility index (Phi) is 5.01. The van der Waals surface area contributed by atoms with Gasteiger partial charge in [0.2, 0.25) is 20.0 Å². The van der Waals surface area contributed by atoms with Crippen molar-refractivity contribution in [3.05, 3.63) is 24.3 Å². The third-order valence-corrected chi connectivity index (χ3v) is 8.13. The molecule has 2 fully saturated rings. The minimum atomic E-state index is -3.68. The van der Waals surface area contributed by atoms with Gasteiger partial charge in [0, 0.05) is 18.6 Å². The summed E-state index contributed by atoms with van der Waals surface area (Å²) in [5, 5.41) is 0. The molecule has 2 aliphatic rings. The molecule has 0 aromatic heterocycles. The van der Waals surface area contributed by atoms with Crippen molar-refractivity contribution in [2.45, 2.75) is 67.3 Å². The van der Waals surface area contributed by atoms with Crippen molar-refractivity contribution in [1.29, 1.82) is 0 Å². The fourth-order valence-electron chi connectivity index (χ4n) is 3.12. The molecular formula is C16H24N2O4S2. The van der Waals surface area contributed by atoms with Crippen LogP contribution in [0.15, 0.2) is 34.1 Å². The molecule has 1 atom stereocenters. The van der Waals surface area contributed by atoms with Gasteiger partial charge in [-0.05, 0) is 50.3 Å². The summed E-state index contributed by atoms with van der Waals surface area (Å²) < 4.78 is 54.8. The number of piperidine rings is 1. The Bertz CT molecular complexity index is 801. The van der Waals surface area contributed by atoms with Crippen molar-refractivity contribution >= 4 is 20.0 Å². The normalized spacial score (nSPS) is 23.3. The standard InChI is InChI=1S/C16H24N2O4S2/c1-2-14-6-3-4-11-18(14)24(21,22)16-8-5-7-15(12-16)23(19,20)17-13-9-10-13/h5,7-8,12-14,17H,2-4,6,9-11H2,1H3. The number of hydrogen-bond acceptors (Lipinski definition) is 4. The van der Waals surface area contributed by atoms with E-state index in [0.717, 1.165) is 38.5 Å². The van der Waals surface area contributed by atoms with Crippen LogP contribution in [-0.4, -0.2) is 39.8 Å². The largest absolute Gasteiger partial charge is 0.243 e. The molecular weight excluding hydrogens is 348 g/mol. The Morgan fingerprint density at radius 2 is 1.79 bits per heavy atom.